The highest BCUT2D eigenvalue weighted by Gasteiger charge is 2.19. The number of nitrogens with zero attached hydrogens (tertiary/aromatic N) is 2. The number of pyridine rings is 2. The number of rotatable bonds is 6. The molecule has 0 spiro atoms. The van der Waals surface area contributed by atoms with Crippen LogP contribution in [0.2, 0.25) is 5.02 Å². The summed E-state index contributed by atoms with van der Waals surface area (Å²) in [5, 5.41) is 3.94. The molecule has 1 amide bonds. The molecule has 7 nitrogen and oxygen atoms in total. The van der Waals surface area contributed by atoms with Crippen LogP contribution < -0.4 is 10.9 Å². The Kier molecular flexibility index (Phi) is 6.56. The molecule has 3 aromatic rings. The monoisotopic (exact) mass is 431 g/mol. The Morgan fingerprint density at radius 2 is 1.97 bits per heavy atom. The number of nitrogens with one attached hydrogen (secondary N) is 1. The molecule has 0 saturated carbocycles. The van der Waals surface area contributed by atoms with Crippen LogP contribution in [0.1, 0.15) is 15.9 Å². The molecule has 0 atom stereocenters. The van der Waals surface area contributed by atoms with Crippen molar-refractivity contribution in [1.29, 1.82) is 0 Å². The minimum absolute atomic E-state index is 0.0707. The van der Waals surface area contributed by atoms with E-state index in [4.69, 9.17) is 11.6 Å². The van der Waals surface area contributed by atoms with Gasteiger partial charge in [-0.05, 0) is 36.1 Å². The van der Waals surface area contributed by atoms with E-state index >= 15 is 0 Å². The summed E-state index contributed by atoms with van der Waals surface area (Å²) >= 11 is 7.32. The van der Waals surface area contributed by atoms with Crippen molar-refractivity contribution in [2.45, 2.75) is 18.0 Å². The third kappa shape index (κ3) is 4.60. The zero-order valence-corrected chi connectivity index (χ0v) is 17.3. The zero-order valence-electron chi connectivity index (χ0n) is 15.8. The molecule has 0 aliphatic carbocycles. The van der Waals surface area contributed by atoms with E-state index in [9.17, 15) is 14.4 Å². The molecule has 0 aliphatic heterocycles. The third-order valence-electron chi connectivity index (χ3n) is 4.29. The highest BCUT2D eigenvalue weighted by atomic mass is 35.5. The molecule has 2 heterocycles. The molecule has 0 unspecified atom stereocenters. The second-order valence-corrected chi connectivity index (χ2v) is 7.37. The fourth-order valence-electron chi connectivity index (χ4n) is 2.80. The molecule has 150 valence electrons. The SMILES string of the molecule is COC(=O)Cn1c(=O)c(C(=O)NCc2ccc(Cl)cc2)cc2c(SC)ccnc21. The van der Waals surface area contributed by atoms with E-state index in [1.165, 1.54) is 24.9 Å². The van der Waals surface area contributed by atoms with Crippen LogP contribution in [0.5, 0.6) is 0 Å². The Morgan fingerprint density at radius 3 is 2.62 bits per heavy atom. The van der Waals surface area contributed by atoms with Crippen LogP contribution in [0.15, 0.2) is 52.3 Å². The second-order valence-electron chi connectivity index (χ2n) is 6.09. The molecule has 0 bridgehead atoms. The van der Waals surface area contributed by atoms with Gasteiger partial charge in [-0.25, -0.2) is 4.98 Å². The fourth-order valence-corrected chi connectivity index (χ4v) is 3.50. The van der Waals surface area contributed by atoms with E-state index in [2.05, 4.69) is 15.0 Å². The van der Waals surface area contributed by atoms with Gasteiger partial charge in [0.15, 0.2) is 0 Å². The molecule has 2 aromatic heterocycles. The Labute approximate surface area is 176 Å². The number of methoxy groups -OCH3 is 1. The lowest BCUT2D eigenvalue weighted by atomic mass is 10.1. The Balaban J connectivity index is 2.02. The van der Waals surface area contributed by atoms with Gasteiger partial charge in [-0.1, -0.05) is 23.7 Å². The van der Waals surface area contributed by atoms with E-state index in [0.717, 1.165) is 15.0 Å². The van der Waals surface area contributed by atoms with Gasteiger partial charge in [-0.2, -0.15) is 0 Å². The highest BCUT2D eigenvalue weighted by Crippen LogP contribution is 2.24. The lowest BCUT2D eigenvalue weighted by Gasteiger charge is -2.13. The van der Waals surface area contributed by atoms with Crippen molar-refractivity contribution in [3.05, 3.63) is 69.1 Å². The number of esters is 1. The highest BCUT2D eigenvalue weighted by molar-refractivity contribution is 7.98. The number of ether oxygens (including phenoxy) is 1. The third-order valence-corrected chi connectivity index (χ3v) is 5.34. The molecule has 3 rings (SSSR count). The van der Waals surface area contributed by atoms with Crippen LogP contribution in [0.3, 0.4) is 0 Å². The minimum atomic E-state index is -0.609. The Hall–Kier alpha value is -2.84. The van der Waals surface area contributed by atoms with Gasteiger partial charge >= 0.3 is 5.97 Å². The molecule has 1 N–H and O–H groups in total. The first-order valence-corrected chi connectivity index (χ1v) is 10.2. The maximum atomic E-state index is 13.0. The Bertz CT molecular complexity index is 1130. The van der Waals surface area contributed by atoms with Gasteiger partial charge in [0, 0.05) is 28.0 Å². The average Bonchev–Trinajstić information content (AvgIpc) is 2.74. The van der Waals surface area contributed by atoms with Gasteiger partial charge in [0.1, 0.15) is 17.8 Å². The maximum Gasteiger partial charge on any atom is 0.325 e. The average molecular weight is 432 g/mol. The molecule has 0 saturated heterocycles. The van der Waals surface area contributed by atoms with Gasteiger partial charge < -0.3 is 10.1 Å². The predicted octanol–water partition coefficient (Wildman–Crippen LogP) is 2.87. The van der Waals surface area contributed by atoms with Gasteiger partial charge in [0.05, 0.1) is 7.11 Å². The number of thioether (sulfide) groups is 1. The lowest BCUT2D eigenvalue weighted by Crippen LogP contribution is -2.34. The van der Waals surface area contributed by atoms with Gasteiger partial charge in [-0.15, -0.1) is 11.8 Å². The molecule has 9 heteroatoms. The summed E-state index contributed by atoms with van der Waals surface area (Å²) in [6.07, 6.45) is 3.44. The normalized spacial score (nSPS) is 10.7. The summed E-state index contributed by atoms with van der Waals surface area (Å²) in [7, 11) is 1.24. The van der Waals surface area contributed by atoms with E-state index in [1.54, 1.807) is 36.5 Å². The Morgan fingerprint density at radius 1 is 1.24 bits per heavy atom. The summed E-state index contributed by atoms with van der Waals surface area (Å²) < 4.78 is 5.85. The first-order chi connectivity index (χ1) is 13.9. The molecule has 29 heavy (non-hydrogen) atoms. The first kappa shape index (κ1) is 20.9. The van der Waals surface area contributed by atoms with Crippen molar-refractivity contribution in [3.63, 3.8) is 0 Å². The number of carbonyl (C=O) groups excluding carboxylic acids is 2. The van der Waals surface area contributed by atoms with E-state index in [0.29, 0.717) is 16.1 Å². The fraction of sp³-hybridized carbons (Fsp3) is 0.200. The summed E-state index contributed by atoms with van der Waals surface area (Å²) in [5.41, 5.74) is 0.479. The summed E-state index contributed by atoms with van der Waals surface area (Å²) in [4.78, 5) is 42.6. The summed E-state index contributed by atoms with van der Waals surface area (Å²) in [6.45, 7) is -0.109. The quantitative estimate of drug-likeness (QED) is 0.476. The van der Waals surface area contributed by atoms with Crippen LogP contribution in [0.25, 0.3) is 11.0 Å². The van der Waals surface area contributed by atoms with Crippen LogP contribution in [0.4, 0.5) is 0 Å². The van der Waals surface area contributed by atoms with Gasteiger partial charge in [-0.3, -0.25) is 19.0 Å². The van der Waals surface area contributed by atoms with Gasteiger partial charge in [0.25, 0.3) is 11.5 Å². The van der Waals surface area contributed by atoms with E-state index in [-0.39, 0.29) is 18.7 Å². The van der Waals surface area contributed by atoms with E-state index < -0.39 is 17.4 Å². The number of aromatic nitrogens is 2. The molecule has 0 fully saturated rings. The number of hydrogen-bond acceptors (Lipinski definition) is 6. The predicted molar refractivity (Wildman–Crippen MR) is 112 cm³/mol. The maximum absolute atomic E-state index is 13.0. The molecule has 0 radical (unpaired) electrons. The number of halogens is 1. The van der Waals surface area contributed by atoms with Crippen LogP contribution in [0, 0.1) is 0 Å². The number of hydrogen-bond donors (Lipinski definition) is 1. The van der Waals surface area contributed by atoms with Crippen LogP contribution >= 0.6 is 23.4 Å². The van der Waals surface area contributed by atoms with Crippen molar-refractivity contribution >= 4 is 46.3 Å². The second kappa shape index (κ2) is 9.11. The van der Waals surface area contributed by atoms with Crippen molar-refractivity contribution < 1.29 is 14.3 Å². The van der Waals surface area contributed by atoms with Crippen LogP contribution in [-0.4, -0.2) is 34.8 Å². The van der Waals surface area contributed by atoms with Crippen molar-refractivity contribution in [2.24, 2.45) is 0 Å². The minimum Gasteiger partial charge on any atom is -0.468 e. The summed E-state index contributed by atoms with van der Waals surface area (Å²) in [5.74, 6) is -1.15. The lowest BCUT2D eigenvalue weighted by molar-refractivity contribution is -0.141. The number of benzene rings is 1. The number of fused-ring (bicyclic) bond motifs is 1. The standard InChI is InChI=1S/C20H18ClN3O4S/c1-28-17(25)11-24-18-14(16(29-2)7-8-22-18)9-15(20(24)27)19(26)23-10-12-3-5-13(21)6-4-12/h3-9H,10-11H2,1-2H3,(H,23,26). The van der Waals surface area contributed by atoms with E-state index in [1.807, 2.05) is 6.26 Å². The van der Waals surface area contributed by atoms with Crippen molar-refractivity contribution in [2.75, 3.05) is 13.4 Å². The molecule has 0 aliphatic rings. The molecule has 1 aromatic carbocycles. The van der Waals surface area contributed by atoms with Gasteiger partial charge in [0.2, 0.25) is 0 Å². The van der Waals surface area contributed by atoms with Crippen molar-refractivity contribution in [1.82, 2.24) is 14.9 Å². The smallest absolute Gasteiger partial charge is 0.325 e. The number of carbonyl (C=O) groups is 2. The molecular formula is C20H18ClN3O4S. The molecular weight excluding hydrogens is 414 g/mol. The van der Waals surface area contributed by atoms with Crippen molar-refractivity contribution in [3.8, 4) is 0 Å². The first-order valence-electron chi connectivity index (χ1n) is 8.60. The topological polar surface area (TPSA) is 90.3 Å². The number of amides is 1. The summed E-state index contributed by atoms with van der Waals surface area (Å²) in [6, 6.07) is 10.3. The van der Waals surface area contributed by atoms with Crippen LogP contribution in [-0.2, 0) is 22.6 Å². The largest absolute Gasteiger partial charge is 0.468 e. The zero-order chi connectivity index (χ0) is 21.0.